The van der Waals surface area contributed by atoms with E-state index >= 15 is 0 Å². The van der Waals surface area contributed by atoms with Crippen molar-refractivity contribution in [2.75, 3.05) is 0 Å². The molecule has 0 bridgehead atoms. The van der Waals surface area contributed by atoms with Crippen molar-refractivity contribution in [3.63, 3.8) is 0 Å². The highest BCUT2D eigenvalue weighted by atomic mass is 17.2. The van der Waals surface area contributed by atoms with Crippen molar-refractivity contribution in [1.29, 1.82) is 0 Å². The van der Waals surface area contributed by atoms with Crippen LogP contribution in [0.3, 0.4) is 0 Å². The molecule has 0 aliphatic carbocycles. The molecule has 0 atom stereocenters. The number of hydrogen-bond acceptors (Lipinski definition) is 4. The van der Waals surface area contributed by atoms with Gasteiger partial charge in [0.15, 0.2) is 0 Å². The highest BCUT2D eigenvalue weighted by molar-refractivity contribution is 5.78. The molecule has 0 saturated carbocycles. The minimum atomic E-state index is -0.658. The van der Waals surface area contributed by atoms with E-state index in [1.54, 1.807) is 0 Å². The van der Waals surface area contributed by atoms with Gasteiger partial charge < -0.3 is 0 Å². The molecule has 2 aromatic carbocycles. The van der Waals surface area contributed by atoms with Crippen LogP contribution in [-0.4, -0.2) is 11.9 Å². The fraction of sp³-hybridized carbons (Fsp3) is 0.125. The first-order chi connectivity index (χ1) is 9.66. The van der Waals surface area contributed by atoms with Crippen molar-refractivity contribution in [3.8, 4) is 11.1 Å². The Morgan fingerprint density at radius 2 is 1.55 bits per heavy atom. The van der Waals surface area contributed by atoms with Gasteiger partial charge >= 0.3 is 11.9 Å². The SMILES string of the molecule is CC(=O)OOC(=O)Cc1ccccc1-c1ccccc1. The van der Waals surface area contributed by atoms with E-state index in [1.807, 2.05) is 54.6 Å². The summed E-state index contributed by atoms with van der Waals surface area (Å²) in [5.74, 6) is -1.27. The van der Waals surface area contributed by atoms with Crippen LogP contribution in [0.2, 0.25) is 0 Å². The normalized spacial score (nSPS) is 9.85. The Hall–Kier alpha value is -2.62. The van der Waals surface area contributed by atoms with Crippen molar-refractivity contribution in [3.05, 3.63) is 60.2 Å². The molecule has 0 N–H and O–H groups in total. The van der Waals surface area contributed by atoms with Crippen LogP contribution in [-0.2, 0) is 25.8 Å². The monoisotopic (exact) mass is 270 g/mol. The summed E-state index contributed by atoms with van der Waals surface area (Å²) in [6.07, 6.45) is 0.0400. The highest BCUT2D eigenvalue weighted by Gasteiger charge is 2.12. The lowest BCUT2D eigenvalue weighted by Crippen LogP contribution is -2.11. The average Bonchev–Trinajstić information content (AvgIpc) is 2.47. The predicted octanol–water partition coefficient (Wildman–Crippen LogP) is 2.92. The van der Waals surface area contributed by atoms with Gasteiger partial charge in [-0.15, -0.1) is 0 Å². The summed E-state index contributed by atoms with van der Waals surface area (Å²) in [6, 6.07) is 17.3. The minimum Gasteiger partial charge on any atom is -0.248 e. The zero-order valence-corrected chi connectivity index (χ0v) is 11.0. The second-order valence-corrected chi connectivity index (χ2v) is 4.23. The van der Waals surface area contributed by atoms with Crippen LogP contribution >= 0.6 is 0 Å². The van der Waals surface area contributed by atoms with Crippen molar-refractivity contribution in [2.45, 2.75) is 13.3 Å². The molecule has 4 nitrogen and oxygen atoms in total. The number of rotatable bonds is 3. The fourth-order valence-corrected chi connectivity index (χ4v) is 1.86. The van der Waals surface area contributed by atoms with Gasteiger partial charge in [0, 0.05) is 6.92 Å². The second-order valence-electron chi connectivity index (χ2n) is 4.23. The first kappa shape index (κ1) is 13.8. The molecule has 20 heavy (non-hydrogen) atoms. The number of carbonyl (C=O) groups excluding carboxylic acids is 2. The number of hydrogen-bond donors (Lipinski definition) is 0. The summed E-state index contributed by atoms with van der Waals surface area (Å²) in [7, 11) is 0. The van der Waals surface area contributed by atoms with Crippen LogP contribution < -0.4 is 0 Å². The highest BCUT2D eigenvalue weighted by Crippen LogP contribution is 2.23. The summed E-state index contributed by atoms with van der Waals surface area (Å²) in [5.41, 5.74) is 2.78. The van der Waals surface area contributed by atoms with Gasteiger partial charge in [0.2, 0.25) is 0 Å². The molecule has 0 unspecified atom stereocenters. The lowest BCUT2D eigenvalue weighted by Gasteiger charge is -2.08. The molecule has 0 saturated heterocycles. The van der Waals surface area contributed by atoms with E-state index in [0.29, 0.717) is 0 Å². The number of benzene rings is 2. The summed E-state index contributed by atoms with van der Waals surface area (Å²) < 4.78 is 0. The molecule has 2 aromatic rings. The number of carbonyl (C=O) groups is 2. The summed E-state index contributed by atoms with van der Waals surface area (Å²) in [5, 5.41) is 0. The maximum absolute atomic E-state index is 11.6. The Morgan fingerprint density at radius 3 is 2.25 bits per heavy atom. The van der Waals surface area contributed by atoms with Gasteiger partial charge in [-0.05, 0) is 16.7 Å². The van der Waals surface area contributed by atoms with Crippen LogP contribution in [0.1, 0.15) is 12.5 Å². The predicted molar refractivity (Wildman–Crippen MR) is 73.4 cm³/mol. The third-order valence-electron chi connectivity index (χ3n) is 2.69. The van der Waals surface area contributed by atoms with E-state index in [2.05, 4.69) is 9.78 Å². The van der Waals surface area contributed by atoms with Crippen LogP contribution in [0.25, 0.3) is 11.1 Å². The molecular weight excluding hydrogens is 256 g/mol. The molecule has 2 rings (SSSR count). The maximum atomic E-state index is 11.6. The van der Waals surface area contributed by atoms with Gasteiger partial charge in [-0.2, -0.15) is 0 Å². The van der Waals surface area contributed by atoms with Crippen molar-refractivity contribution >= 4 is 11.9 Å². The molecule has 0 aliphatic rings. The third-order valence-corrected chi connectivity index (χ3v) is 2.69. The molecular formula is C16H14O4. The van der Waals surface area contributed by atoms with E-state index in [0.717, 1.165) is 16.7 Å². The molecule has 0 heterocycles. The molecule has 0 aromatic heterocycles. The van der Waals surface area contributed by atoms with Crippen LogP contribution in [0.15, 0.2) is 54.6 Å². The Bertz CT molecular complexity index is 605. The Kier molecular flexibility index (Phi) is 4.50. The average molecular weight is 270 g/mol. The van der Waals surface area contributed by atoms with Gasteiger partial charge in [0.25, 0.3) is 0 Å². The van der Waals surface area contributed by atoms with Gasteiger partial charge in [0.1, 0.15) is 0 Å². The van der Waals surface area contributed by atoms with Gasteiger partial charge in [-0.1, -0.05) is 54.6 Å². The van der Waals surface area contributed by atoms with E-state index in [-0.39, 0.29) is 6.42 Å². The maximum Gasteiger partial charge on any atom is 0.359 e. The van der Waals surface area contributed by atoms with E-state index in [1.165, 1.54) is 6.92 Å². The summed E-state index contributed by atoms with van der Waals surface area (Å²) >= 11 is 0. The van der Waals surface area contributed by atoms with Gasteiger partial charge in [-0.25, -0.2) is 19.4 Å². The lowest BCUT2D eigenvalue weighted by molar-refractivity contribution is -0.256. The van der Waals surface area contributed by atoms with Gasteiger partial charge in [0.05, 0.1) is 6.42 Å². The Morgan fingerprint density at radius 1 is 0.900 bits per heavy atom. The summed E-state index contributed by atoms with van der Waals surface area (Å²) in [4.78, 5) is 30.8. The molecule has 0 fully saturated rings. The van der Waals surface area contributed by atoms with Crippen LogP contribution in [0.5, 0.6) is 0 Å². The van der Waals surface area contributed by atoms with Gasteiger partial charge in [-0.3, -0.25) is 0 Å². The fourth-order valence-electron chi connectivity index (χ4n) is 1.86. The molecule has 0 amide bonds. The van der Waals surface area contributed by atoms with E-state index < -0.39 is 11.9 Å². The second kappa shape index (κ2) is 6.52. The smallest absolute Gasteiger partial charge is 0.248 e. The molecule has 4 heteroatoms. The zero-order valence-electron chi connectivity index (χ0n) is 11.0. The molecule has 0 spiro atoms. The lowest BCUT2D eigenvalue weighted by atomic mass is 9.98. The molecule has 0 aliphatic heterocycles. The Balaban J connectivity index is 2.17. The standard InChI is InChI=1S/C16H14O4/c1-12(17)19-20-16(18)11-14-9-5-6-10-15(14)13-7-3-2-4-8-13/h2-10H,11H2,1H3. The van der Waals surface area contributed by atoms with Crippen molar-refractivity contribution in [2.24, 2.45) is 0 Å². The van der Waals surface area contributed by atoms with Crippen LogP contribution in [0, 0.1) is 0 Å². The first-order valence-electron chi connectivity index (χ1n) is 6.18. The first-order valence-corrected chi connectivity index (χ1v) is 6.18. The van der Waals surface area contributed by atoms with Crippen molar-refractivity contribution in [1.82, 2.24) is 0 Å². The van der Waals surface area contributed by atoms with E-state index in [4.69, 9.17) is 0 Å². The van der Waals surface area contributed by atoms with Crippen molar-refractivity contribution < 1.29 is 19.4 Å². The largest absolute Gasteiger partial charge is 0.359 e. The minimum absolute atomic E-state index is 0.0400. The topological polar surface area (TPSA) is 52.6 Å². The molecule has 0 radical (unpaired) electrons. The third kappa shape index (κ3) is 3.68. The van der Waals surface area contributed by atoms with E-state index in [9.17, 15) is 9.59 Å². The quantitative estimate of drug-likeness (QED) is 0.635. The van der Waals surface area contributed by atoms with Crippen LogP contribution in [0.4, 0.5) is 0 Å². The summed E-state index contributed by atoms with van der Waals surface area (Å²) in [6.45, 7) is 1.17. The Labute approximate surface area is 116 Å². The zero-order chi connectivity index (χ0) is 14.4. The molecule has 102 valence electrons.